The fourth-order valence-corrected chi connectivity index (χ4v) is 1.98. The summed E-state index contributed by atoms with van der Waals surface area (Å²) in [6, 6.07) is 8.00. The SMILES string of the molecule is CCSc1ccc(CC(=O)NCCO)cc1. The van der Waals surface area contributed by atoms with E-state index in [1.807, 2.05) is 24.3 Å². The van der Waals surface area contributed by atoms with Crippen molar-refractivity contribution < 1.29 is 9.90 Å². The van der Waals surface area contributed by atoms with E-state index in [2.05, 4.69) is 12.2 Å². The van der Waals surface area contributed by atoms with Gasteiger partial charge in [-0.15, -0.1) is 11.8 Å². The smallest absolute Gasteiger partial charge is 0.224 e. The predicted octanol–water partition coefficient (Wildman–Crippen LogP) is 1.45. The van der Waals surface area contributed by atoms with E-state index in [0.717, 1.165) is 11.3 Å². The highest BCUT2D eigenvalue weighted by Crippen LogP contribution is 2.17. The minimum Gasteiger partial charge on any atom is -0.395 e. The molecule has 16 heavy (non-hydrogen) atoms. The molecule has 88 valence electrons. The molecule has 3 nitrogen and oxygen atoms in total. The minimum absolute atomic E-state index is 0.0161. The van der Waals surface area contributed by atoms with Gasteiger partial charge < -0.3 is 10.4 Å². The summed E-state index contributed by atoms with van der Waals surface area (Å²) in [4.78, 5) is 12.6. The average Bonchev–Trinajstić information content (AvgIpc) is 2.29. The molecule has 0 saturated carbocycles. The van der Waals surface area contributed by atoms with Gasteiger partial charge in [-0.2, -0.15) is 0 Å². The first-order valence-electron chi connectivity index (χ1n) is 5.35. The lowest BCUT2D eigenvalue weighted by molar-refractivity contribution is -0.120. The molecule has 0 aliphatic rings. The van der Waals surface area contributed by atoms with Crippen molar-refractivity contribution in [2.45, 2.75) is 18.2 Å². The second-order valence-corrected chi connectivity index (χ2v) is 4.66. The number of carbonyl (C=O) groups is 1. The summed E-state index contributed by atoms with van der Waals surface area (Å²) in [5, 5.41) is 11.2. The Kier molecular flexibility index (Phi) is 5.96. The normalized spacial score (nSPS) is 10.1. The number of thioether (sulfide) groups is 1. The van der Waals surface area contributed by atoms with Gasteiger partial charge in [0.2, 0.25) is 5.91 Å². The van der Waals surface area contributed by atoms with Crippen molar-refractivity contribution in [1.82, 2.24) is 5.32 Å². The van der Waals surface area contributed by atoms with Crippen LogP contribution in [0.5, 0.6) is 0 Å². The van der Waals surface area contributed by atoms with Crippen molar-refractivity contribution >= 4 is 17.7 Å². The maximum Gasteiger partial charge on any atom is 0.224 e. The van der Waals surface area contributed by atoms with Gasteiger partial charge in [0.05, 0.1) is 13.0 Å². The third-order valence-electron chi connectivity index (χ3n) is 2.03. The number of hydrogen-bond acceptors (Lipinski definition) is 3. The molecule has 0 spiro atoms. The van der Waals surface area contributed by atoms with E-state index in [1.165, 1.54) is 4.90 Å². The van der Waals surface area contributed by atoms with Crippen molar-refractivity contribution in [2.24, 2.45) is 0 Å². The van der Waals surface area contributed by atoms with Gasteiger partial charge in [-0.1, -0.05) is 19.1 Å². The van der Waals surface area contributed by atoms with Gasteiger partial charge in [0.25, 0.3) is 0 Å². The standard InChI is InChI=1S/C12H17NO2S/c1-2-16-11-5-3-10(4-6-11)9-12(15)13-7-8-14/h3-6,14H,2,7-9H2,1H3,(H,13,15). The molecule has 1 aromatic carbocycles. The predicted molar refractivity (Wildman–Crippen MR) is 66.6 cm³/mol. The van der Waals surface area contributed by atoms with Gasteiger partial charge in [-0.3, -0.25) is 4.79 Å². The van der Waals surface area contributed by atoms with E-state index in [-0.39, 0.29) is 12.5 Å². The minimum atomic E-state index is -0.0510. The molecule has 1 aromatic rings. The quantitative estimate of drug-likeness (QED) is 0.739. The maximum absolute atomic E-state index is 11.4. The van der Waals surface area contributed by atoms with Gasteiger partial charge in [-0.05, 0) is 23.4 Å². The van der Waals surface area contributed by atoms with Crippen LogP contribution in [0.1, 0.15) is 12.5 Å². The summed E-state index contributed by atoms with van der Waals surface area (Å²) in [7, 11) is 0. The molecule has 0 fully saturated rings. The van der Waals surface area contributed by atoms with Gasteiger partial charge in [0, 0.05) is 11.4 Å². The monoisotopic (exact) mass is 239 g/mol. The van der Waals surface area contributed by atoms with Gasteiger partial charge >= 0.3 is 0 Å². The van der Waals surface area contributed by atoms with Crippen LogP contribution in [-0.4, -0.2) is 29.9 Å². The van der Waals surface area contributed by atoms with Crippen LogP contribution < -0.4 is 5.32 Å². The van der Waals surface area contributed by atoms with Gasteiger partial charge in [0.15, 0.2) is 0 Å². The molecule has 0 atom stereocenters. The third-order valence-corrected chi connectivity index (χ3v) is 2.93. The molecule has 1 amide bonds. The van der Waals surface area contributed by atoms with Crippen molar-refractivity contribution in [3.63, 3.8) is 0 Å². The molecule has 0 heterocycles. The molecule has 0 radical (unpaired) electrons. The summed E-state index contributed by atoms with van der Waals surface area (Å²) in [5.74, 6) is 1.00. The molecule has 2 N–H and O–H groups in total. The Morgan fingerprint density at radius 1 is 1.38 bits per heavy atom. The molecule has 0 bridgehead atoms. The highest BCUT2D eigenvalue weighted by Gasteiger charge is 2.02. The number of carbonyl (C=O) groups excluding carboxylic acids is 1. The summed E-state index contributed by atoms with van der Waals surface area (Å²) in [6.45, 7) is 2.42. The highest BCUT2D eigenvalue weighted by atomic mass is 32.2. The largest absolute Gasteiger partial charge is 0.395 e. The van der Waals surface area contributed by atoms with Crippen molar-refractivity contribution in [1.29, 1.82) is 0 Å². The number of amides is 1. The summed E-state index contributed by atoms with van der Waals surface area (Å²) in [5.41, 5.74) is 0.996. The fourth-order valence-electron chi connectivity index (χ4n) is 1.31. The molecule has 0 unspecified atom stereocenters. The van der Waals surface area contributed by atoms with E-state index in [0.29, 0.717) is 13.0 Å². The van der Waals surface area contributed by atoms with Gasteiger partial charge in [0.1, 0.15) is 0 Å². The summed E-state index contributed by atoms with van der Waals surface area (Å²) in [6.07, 6.45) is 0.372. The van der Waals surface area contributed by atoms with Crippen LogP contribution in [0.15, 0.2) is 29.2 Å². The number of rotatable bonds is 6. The Balaban J connectivity index is 2.45. The Morgan fingerprint density at radius 3 is 2.62 bits per heavy atom. The van der Waals surface area contributed by atoms with Crippen molar-refractivity contribution in [2.75, 3.05) is 18.9 Å². The van der Waals surface area contributed by atoms with Crippen LogP contribution in [0.3, 0.4) is 0 Å². The molecule has 0 aliphatic carbocycles. The highest BCUT2D eigenvalue weighted by molar-refractivity contribution is 7.99. The number of aliphatic hydroxyl groups excluding tert-OH is 1. The zero-order valence-electron chi connectivity index (χ0n) is 9.40. The second-order valence-electron chi connectivity index (χ2n) is 3.33. The van der Waals surface area contributed by atoms with E-state index < -0.39 is 0 Å². The van der Waals surface area contributed by atoms with Crippen LogP contribution in [-0.2, 0) is 11.2 Å². The molecular formula is C12H17NO2S. The Hall–Kier alpha value is -1.00. The first-order valence-corrected chi connectivity index (χ1v) is 6.34. The lowest BCUT2D eigenvalue weighted by Gasteiger charge is -2.04. The molecule has 0 saturated heterocycles. The molecule has 1 rings (SSSR count). The van der Waals surface area contributed by atoms with Gasteiger partial charge in [-0.25, -0.2) is 0 Å². The molecule has 4 heteroatoms. The first-order chi connectivity index (χ1) is 7.76. The molecule has 0 aromatic heterocycles. The van der Waals surface area contributed by atoms with E-state index in [4.69, 9.17) is 5.11 Å². The first kappa shape index (κ1) is 13.1. The Labute approximate surface area is 100 Å². The maximum atomic E-state index is 11.4. The number of aliphatic hydroxyl groups is 1. The second kappa shape index (κ2) is 7.30. The number of nitrogens with one attached hydrogen (secondary N) is 1. The van der Waals surface area contributed by atoms with Crippen LogP contribution >= 0.6 is 11.8 Å². The van der Waals surface area contributed by atoms with Crippen LogP contribution in [0, 0.1) is 0 Å². The third kappa shape index (κ3) is 4.68. The number of benzene rings is 1. The Morgan fingerprint density at radius 2 is 2.06 bits per heavy atom. The van der Waals surface area contributed by atoms with Crippen LogP contribution in [0.4, 0.5) is 0 Å². The fraction of sp³-hybridized carbons (Fsp3) is 0.417. The molecular weight excluding hydrogens is 222 g/mol. The summed E-state index contributed by atoms with van der Waals surface area (Å²) < 4.78 is 0. The molecule has 0 aliphatic heterocycles. The van der Waals surface area contributed by atoms with Crippen molar-refractivity contribution in [3.8, 4) is 0 Å². The van der Waals surface area contributed by atoms with Crippen LogP contribution in [0.25, 0.3) is 0 Å². The number of hydrogen-bond donors (Lipinski definition) is 2. The zero-order chi connectivity index (χ0) is 11.8. The lowest BCUT2D eigenvalue weighted by Crippen LogP contribution is -2.27. The topological polar surface area (TPSA) is 49.3 Å². The van der Waals surface area contributed by atoms with Crippen LogP contribution in [0.2, 0.25) is 0 Å². The Bertz CT molecular complexity index is 324. The average molecular weight is 239 g/mol. The van der Waals surface area contributed by atoms with E-state index >= 15 is 0 Å². The van der Waals surface area contributed by atoms with E-state index in [1.54, 1.807) is 11.8 Å². The van der Waals surface area contributed by atoms with E-state index in [9.17, 15) is 4.79 Å². The summed E-state index contributed by atoms with van der Waals surface area (Å²) >= 11 is 1.78. The lowest BCUT2D eigenvalue weighted by atomic mass is 10.1. The van der Waals surface area contributed by atoms with Crippen molar-refractivity contribution in [3.05, 3.63) is 29.8 Å². The zero-order valence-corrected chi connectivity index (χ0v) is 10.2.